The van der Waals surface area contributed by atoms with Crippen LogP contribution in [-0.2, 0) is 9.59 Å². The van der Waals surface area contributed by atoms with E-state index >= 15 is 4.39 Å². The number of nitrogens with one attached hydrogen (secondary N) is 1. The number of alkyl halides is 1. The number of carbonyl (C=O) groups excluding carboxylic acids is 4. The molecule has 1 unspecified atom stereocenters. The molecule has 6 aliphatic rings. The first kappa shape index (κ1) is 37.3. The second-order valence-electron chi connectivity index (χ2n) is 16.8. The predicted molar refractivity (Wildman–Crippen MR) is 214 cm³/mol. The number of halogens is 2. The molecule has 13 nitrogen and oxygen atoms in total. The van der Waals surface area contributed by atoms with Crippen LogP contribution in [0.15, 0.2) is 54.7 Å². The Morgan fingerprint density at radius 3 is 2.26 bits per heavy atom. The van der Waals surface area contributed by atoms with Gasteiger partial charge in [-0.15, -0.1) is 0 Å². The van der Waals surface area contributed by atoms with Crippen molar-refractivity contribution in [3.63, 3.8) is 0 Å². The lowest BCUT2D eigenvalue weighted by Crippen LogP contribution is -2.65. The van der Waals surface area contributed by atoms with E-state index in [1.54, 1.807) is 18.2 Å². The first-order chi connectivity index (χ1) is 27.4. The second kappa shape index (κ2) is 14.3. The number of nitrogens with zero attached hydrogens (tertiary/aromatic N) is 8. The highest BCUT2D eigenvalue weighted by molar-refractivity contribution is 6.32. The monoisotopic (exact) mass is 793 g/mol. The minimum Gasteiger partial charge on any atom is -0.370 e. The summed E-state index contributed by atoms with van der Waals surface area (Å²) in [6.07, 6.45) is 5.48. The van der Waals surface area contributed by atoms with Crippen LogP contribution in [0, 0.1) is 16.7 Å². The highest BCUT2D eigenvalue weighted by Crippen LogP contribution is 2.46. The number of anilines is 4. The summed E-state index contributed by atoms with van der Waals surface area (Å²) in [5, 5.41) is 12.0. The molecule has 4 amide bonds. The summed E-state index contributed by atoms with van der Waals surface area (Å²) in [4.78, 5) is 67.3. The van der Waals surface area contributed by atoms with Gasteiger partial charge in [0, 0.05) is 76.2 Å². The smallest absolute Gasteiger partial charge is 0.262 e. The van der Waals surface area contributed by atoms with Crippen molar-refractivity contribution < 1.29 is 23.6 Å². The Hall–Kier alpha value is -5.26. The molecule has 2 atom stereocenters. The Balaban J connectivity index is 0.739. The van der Waals surface area contributed by atoms with Crippen LogP contribution in [0.2, 0.25) is 5.02 Å². The van der Waals surface area contributed by atoms with Crippen LogP contribution < -0.4 is 24.9 Å². The number of amides is 4. The molecular formula is C42H45ClFN9O4. The van der Waals surface area contributed by atoms with Gasteiger partial charge in [0.2, 0.25) is 11.8 Å². The van der Waals surface area contributed by atoms with Gasteiger partial charge in [-0.1, -0.05) is 11.6 Å². The number of hydrogen-bond acceptors (Lipinski definition) is 11. The molecule has 0 bridgehead atoms. The zero-order chi connectivity index (χ0) is 39.6. The molecule has 2 aromatic carbocycles. The molecule has 1 aromatic heterocycles. The molecule has 5 saturated heterocycles. The minimum absolute atomic E-state index is 0.0572. The van der Waals surface area contributed by atoms with E-state index in [0.717, 1.165) is 87.2 Å². The molecule has 0 radical (unpaired) electrons. The number of aromatic nitrogens is 1. The number of piperidine rings is 2. The van der Waals surface area contributed by atoms with Crippen molar-refractivity contribution in [1.29, 1.82) is 5.26 Å². The molecule has 0 saturated carbocycles. The van der Waals surface area contributed by atoms with Crippen LogP contribution >= 0.6 is 11.6 Å². The molecule has 1 N–H and O–H groups in total. The molecule has 57 heavy (non-hydrogen) atoms. The standard InChI is InChI=1S/C42H45ClFN9O4/c1-27-20-41(23-52(27)30-3-2-28(21-45)34(43)19-30)10-12-49(13-11-41)31-5-8-36(46-22-31)50-16-14-48(15-17-50)24-42(44)25-51(26-42)29-4-6-32-33(18-29)40(57)53(39(32)56)35-7-9-37(54)47-38(35)55/h2-6,8,18-19,22,27,35H,7,9-17,20,23-26H2,1H3,(H,47,54,55)/t27-,35?/m0/s1. The molecule has 0 aliphatic carbocycles. The average Bonchev–Trinajstić information content (AvgIpc) is 3.65. The van der Waals surface area contributed by atoms with Gasteiger partial charge in [0.1, 0.15) is 17.9 Å². The van der Waals surface area contributed by atoms with Gasteiger partial charge < -0.3 is 19.6 Å². The van der Waals surface area contributed by atoms with Crippen molar-refractivity contribution in [2.24, 2.45) is 5.41 Å². The zero-order valence-corrected chi connectivity index (χ0v) is 32.7. The quantitative estimate of drug-likeness (QED) is 0.344. The van der Waals surface area contributed by atoms with Gasteiger partial charge in [0.15, 0.2) is 5.67 Å². The number of imide groups is 2. The summed E-state index contributed by atoms with van der Waals surface area (Å²) in [6, 6.07) is 16.5. The number of pyridine rings is 1. The van der Waals surface area contributed by atoms with E-state index in [0.29, 0.717) is 28.9 Å². The lowest BCUT2D eigenvalue weighted by Gasteiger charge is -2.49. The lowest BCUT2D eigenvalue weighted by molar-refractivity contribution is -0.136. The second-order valence-corrected chi connectivity index (χ2v) is 17.2. The number of benzene rings is 2. The van der Waals surface area contributed by atoms with Crippen molar-refractivity contribution in [2.45, 2.75) is 56.8 Å². The average molecular weight is 794 g/mol. The topological polar surface area (TPSA) is 136 Å². The zero-order valence-electron chi connectivity index (χ0n) is 31.9. The maximum atomic E-state index is 16.0. The van der Waals surface area contributed by atoms with Gasteiger partial charge in [0.25, 0.3) is 11.8 Å². The fourth-order valence-electron chi connectivity index (χ4n) is 9.90. The maximum Gasteiger partial charge on any atom is 0.262 e. The summed E-state index contributed by atoms with van der Waals surface area (Å²) in [7, 11) is 0. The third-order valence-corrected chi connectivity index (χ3v) is 13.3. The largest absolute Gasteiger partial charge is 0.370 e. The van der Waals surface area contributed by atoms with Gasteiger partial charge in [-0.3, -0.25) is 34.3 Å². The third kappa shape index (κ3) is 6.84. The normalized spacial score (nSPS) is 24.5. The Morgan fingerprint density at radius 2 is 1.58 bits per heavy atom. The Labute approximate surface area is 335 Å². The Morgan fingerprint density at radius 1 is 0.860 bits per heavy atom. The summed E-state index contributed by atoms with van der Waals surface area (Å²) < 4.78 is 16.0. The van der Waals surface area contributed by atoms with E-state index in [4.69, 9.17) is 16.6 Å². The van der Waals surface area contributed by atoms with Crippen LogP contribution in [0.5, 0.6) is 0 Å². The highest BCUT2D eigenvalue weighted by atomic mass is 35.5. The number of rotatable bonds is 7. The van der Waals surface area contributed by atoms with E-state index < -0.39 is 35.3 Å². The number of piperazine rings is 1. The molecule has 3 aromatic rings. The van der Waals surface area contributed by atoms with E-state index in [-0.39, 0.29) is 42.5 Å². The van der Waals surface area contributed by atoms with E-state index in [2.05, 4.69) is 50.0 Å². The van der Waals surface area contributed by atoms with Crippen LogP contribution in [0.25, 0.3) is 0 Å². The van der Waals surface area contributed by atoms with Crippen molar-refractivity contribution in [1.82, 2.24) is 20.1 Å². The van der Waals surface area contributed by atoms with E-state index in [1.807, 2.05) is 29.3 Å². The minimum atomic E-state index is -1.40. The first-order valence-electron chi connectivity index (χ1n) is 19.9. The SMILES string of the molecule is C[C@H]1CC2(CCN(c3ccc(N4CCN(CC5(F)CN(c6ccc7c(c6)C(=O)N(C6CCC(=O)NC6=O)C7=O)C5)CC4)nc3)CC2)CN1c1ccc(C#N)c(Cl)c1. The number of fused-ring (bicyclic) bond motifs is 1. The van der Waals surface area contributed by atoms with Crippen molar-refractivity contribution in [2.75, 3.05) is 85.0 Å². The maximum absolute atomic E-state index is 16.0. The van der Waals surface area contributed by atoms with E-state index in [9.17, 15) is 24.4 Å². The fourth-order valence-corrected chi connectivity index (χ4v) is 10.1. The van der Waals surface area contributed by atoms with Crippen LogP contribution in [0.1, 0.15) is 65.3 Å². The molecule has 9 rings (SSSR count). The molecular weight excluding hydrogens is 749 g/mol. The summed E-state index contributed by atoms with van der Waals surface area (Å²) in [5.41, 5.74) is 2.63. The lowest BCUT2D eigenvalue weighted by atomic mass is 9.76. The van der Waals surface area contributed by atoms with Crippen molar-refractivity contribution in [3.8, 4) is 6.07 Å². The first-order valence-corrected chi connectivity index (χ1v) is 20.2. The summed E-state index contributed by atoms with van der Waals surface area (Å²) in [5.74, 6) is -1.27. The van der Waals surface area contributed by atoms with Gasteiger partial charge >= 0.3 is 0 Å². The van der Waals surface area contributed by atoms with Gasteiger partial charge in [-0.05, 0) is 86.6 Å². The van der Waals surface area contributed by atoms with Crippen LogP contribution in [-0.4, -0.2) is 122 Å². The van der Waals surface area contributed by atoms with Gasteiger partial charge in [-0.25, -0.2) is 9.37 Å². The number of nitriles is 1. The Bertz CT molecular complexity index is 2170. The molecule has 7 heterocycles. The van der Waals surface area contributed by atoms with E-state index in [1.165, 1.54) is 0 Å². The van der Waals surface area contributed by atoms with Crippen LogP contribution in [0.4, 0.5) is 27.3 Å². The molecule has 5 fully saturated rings. The number of carbonyl (C=O) groups is 4. The van der Waals surface area contributed by atoms with Crippen LogP contribution in [0.3, 0.4) is 0 Å². The predicted octanol–water partition coefficient (Wildman–Crippen LogP) is 4.24. The van der Waals surface area contributed by atoms with Gasteiger partial charge in [-0.2, -0.15) is 5.26 Å². The van der Waals surface area contributed by atoms with Gasteiger partial charge in [0.05, 0.1) is 46.7 Å². The Kier molecular flexibility index (Phi) is 9.35. The summed E-state index contributed by atoms with van der Waals surface area (Å²) >= 11 is 6.37. The molecule has 15 heteroatoms. The molecule has 1 spiro atoms. The number of hydrogen-bond donors (Lipinski definition) is 1. The molecule has 6 aliphatic heterocycles. The fraction of sp³-hybridized carbons (Fsp3) is 0.476. The van der Waals surface area contributed by atoms with Crippen molar-refractivity contribution in [3.05, 3.63) is 76.4 Å². The highest BCUT2D eigenvalue weighted by Gasteiger charge is 2.48. The molecule has 296 valence electrons. The summed E-state index contributed by atoms with van der Waals surface area (Å²) in [6.45, 7) is 8.83. The third-order valence-electron chi connectivity index (χ3n) is 13.0. The van der Waals surface area contributed by atoms with Crippen molar-refractivity contribution >= 4 is 58.1 Å².